The molecule has 1 aliphatic rings. The van der Waals surface area contributed by atoms with Crippen LogP contribution in [0.5, 0.6) is 11.5 Å². The van der Waals surface area contributed by atoms with Crippen LogP contribution in [0.2, 0.25) is 0 Å². The first-order valence-electron chi connectivity index (χ1n) is 8.24. The minimum absolute atomic E-state index is 0.187. The summed E-state index contributed by atoms with van der Waals surface area (Å²) < 4.78 is 23.9. The Bertz CT molecular complexity index is 623. The number of halogens is 1. The molecule has 3 rings (SSSR count). The van der Waals surface area contributed by atoms with Crippen molar-refractivity contribution in [3.8, 4) is 11.5 Å². The second kappa shape index (κ2) is 8.02. The Morgan fingerprint density at radius 2 is 1.50 bits per heavy atom. The van der Waals surface area contributed by atoms with Gasteiger partial charge in [-0.05, 0) is 48.5 Å². The van der Waals surface area contributed by atoms with Gasteiger partial charge < -0.3 is 14.4 Å². The Labute approximate surface area is 142 Å². The van der Waals surface area contributed by atoms with Gasteiger partial charge in [0.25, 0.3) is 0 Å². The number of methoxy groups -OCH3 is 1. The van der Waals surface area contributed by atoms with Crippen molar-refractivity contribution in [3.05, 3.63) is 54.3 Å². The van der Waals surface area contributed by atoms with E-state index in [9.17, 15) is 4.39 Å². The van der Waals surface area contributed by atoms with Crippen LogP contribution in [0.1, 0.15) is 0 Å². The van der Waals surface area contributed by atoms with Crippen LogP contribution >= 0.6 is 0 Å². The number of benzene rings is 2. The molecule has 128 valence electrons. The summed E-state index contributed by atoms with van der Waals surface area (Å²) >= 11 is 0. The fourth-order valence-corrected chi connectivity index (χ4v) is 2.85. The van der Waals surface area contributed by atoms with E-state index in [-0.39, 0.29) is 5.82 Å². The molecular formula is C19H23FN2O2. The molecule has 0 N–H and O–H groups in total. The standard InChI is InChI=1S/C19H23FN2O2/c1-23-18-6-8-19(9-7-18)24-15-14-21-10-12-22(13-11-21)17-4-2-16(20)3-5-17/h2-9H,10-15H2,1H3. The highest BCUT2D eigenvalue weighted by Crippen LogP contribution is 2.18. The molecule has 4 nitrogen and oxygen atoms in total. The summed E-state index contributed by atoms with van der Waals surface area (Å²) in [4.78, 5) is 4.68. The topological polar surface area (TPSA) is 24.9 Å². The zero-order valence-electron chi connectivity index (χ0n) is 14.0. The molecule has 1 aliphatic heterocycles. The van der Waals surface area contributed by atoms with Crippen LogP contribution in [0.25, 0.3) is 0 Å². The van der Waals surface area contributed by atoms with Gasteiger partial charge in [0.2, 0.25) is 0 Å². The summed E-state index contributed by atoms with van der Waals surface area (Å²) in [5.74, 6) is 1.51. The molecule has 24 heavy (non-hydrogen) atoms. The third-order valence-electron chi connectivity index (χ3n) is 4.30. The third-order valence-corrected chi connectivity index (χ3v) is 4.30. The predicted molar refractivity (Wildman–Crippen MR) is 93.5 cm³/mol. The van der Waals surface area contributed by atoms with Crippen LogP contribution in [0.3, 0.4) is 0 Å². The predicted octanol–water partition coefficient (Wildman–Crippen LogP) is 3.04. The van der Waals surface area contributed by atoms with E-state index in [2.05, 4.69) is 9.80 Å². The maximum Gasteiger partial charge on any atom is 0.123 e. The lowest BCUT2D eigenvalue weighted by Gasteiger charge is -2.36. The second-order valence-corrected chi connectivity index (χ2v) is 5.83. The van der Waals surface area contributed by atoms with E-state index in [1.807, 2.05) is 36.4 Å². The first-order valence-corrected chi connectivity index (χ1v) is 8.24. The SMILES string of the molecule is COc1ccc(OCCN2CCN(c3ccc(F)cc3)CC2)cc1. The highest BCUT2D eigenvalue weighted by Gasteiger charge is 2.17. The normalized spacial score (nSPS) is 15.3. The third kappa shape index (κ3) is 4.38. The van der Waals surface area contributed by atoms with Crippen LogP contribution in [-0.2, 0) is 0 Å². The first kappa shape index (κ1) is 16.6. The zero-order valence-corrected chi connectivity index (χ0v) is 14.0. The highest BCUT2D eigenvalue weighted by atomic mass is 19.1. The molecule has 5 heteroatoms. The molecule has 0 radical (unpaired) electrons. The Morgan fingerprint density at radius 1 is 0.875 bits per heavy atom. The number of hydrogen-bond donors (Lipinski definition) is 0. The van der Waals surface area contributed by atoms with Crippen LogP contribution in [0.15, 0.2) is 48.5 Å². The molecule has 0 aromatic heterocycles. The van der Waals surface area contributed by atoms with Gasteiger partial charge in [-0.2, -0.15) is 0 Å². The molecule has 0 bridgehead atoms. The summed E-state index contributed by atoms with van der Waals surface area (Å²) in [5, 5.41) is 0. The van der Waals surface area contributed by atoms with Gasteiger partial charge in [0, 0.05) is 38.4 Å². The number of anilines is 1. The zero-order chi connectivity index (χ0) is 16.8. The van der Waals surface area contributed by atoms with Gasteiger partial charge >= 0.3 is 0 Å². The van der Waals surface area contributed by atoms with Crippen molar-refractivity contribution in [2.45, 2.75) is 0 Å². The van der Waals surface area contributed by atoms with E-state index < -0.39 is 0 Å². The van der Waals surface area contributed by atoms with Gasteiger partial charge in [0.05, 0.1) is 7.11 Å². The largest absolute Gasteiger partial charge is 0.497 e. The average molecular weight is 330 g/mol. The van der Waals surface area contributed by atoms with Crippen molar-refractivity contribution in [2.75, 3.05) is 51.3 Å². The summed E-state index contributed by atoms with van der Waals surface area (Å²) in [5.41, 5.74) is 1.09. The molecule has 0 unspecified atom stereocenters. The van der Waals surface area contributed by atoms with Gasteiger partial charge in [-0.1, -0.05) is 0 Å². The number of rotatable bonds is 6. The van der Waals surface area contributed by atoms with Crippen molar-refractivity contribution in [1.82, 2.24) is 4.90 Å². The molecule has 2 aromatic rings. The monoisotopic (exact) mass is 330 g/mol. The molecule has 0 atom stereocenters. The number of hydrogen-bond acceptors (Lipinski definition) is 4. The van der Waals surface area contributed by atoms with Gasteiger partial charge in [0.1, 0.15) is 23.9 Å². The van der Waals surface area contributed by atoms with Crippen LogP contribution in [0.4, 0.5) is 10.1 Å². The van der Waals surface area contributed by atoms with Crippen molar-refractivity contribution >= 4 is 5.69 Å². The van der Waals surface area contributed by atoms with Crippen molar-refractivity contribution in [1.29, 1.82) is 0 Å². The van der Waals surface area contributed by atoms with Gasteiger partial charge in [-0.25, -0.2) is 4.39 Å². The number of ether oxygens (including phenoxy) is 2. The lowest BCUT2D eigenvalue weighted by Crippen LogP contribution is -2.47. The molecule has 1 heterocycles. The van der Waals surface area contributed by atoms with Crippen LogP contribution < -0.4 is 14.4 Å². The van der Waals surface area contributed by atoms with Crippen LogP contribution in [0, 0.1) is 5.82 Å². The molecule has 1 saturated heterocycles. The molecule has 0 aliphatic carbocycles. The van der Waals surface area contributed by atoms with Gasteiger partial charge in [-0.15, -0.1) is 0 Å². The summed E-state index contributed by atoms with van der Waals surface area (Å²) in [7, 11) is 1.65. The van der Waals surface area contributed by atoms with Gasteiger partial charge in [-0.3, -0.25) is 4.90 Å². The van der Waals surface area contributed by atoms with E-state index in [4.69, 9.17) is 9.47 Å². The van der Waals surface area contributed by atoms with E-state index in [0.717, 1.165) is 49.9 Å². The summed E-state index contributed by atoms with van der Waals surface area (Å²) in [6.45, 7) is 5.46. The first-order chi connectivity index (χ1) is 11.7. The molecule has 0 spiro atoms. The molecule has 0 saturated carbocycles. The number of piperazine rings is 1. The molecule has 2 aromatic carbocycles. The Hall–Kier alpha value is -2.27. The Morgan fingerprint density at radius 3 is 2.12 bits per heavy atom. The molecule has 1 fully saturated rings. The minimum Gasteiger partial charge on any atom is -0.497 e. The molecule has 0 amide bonds. The van der Waals surface area contributed by atoms with E-state index in [1.165, 1.54) is 12.1 Å². The van der Waals surface area contributed by atoms with E-state index >= 15 is 0 Å². The second-order valence-electron chi connectivity index (χ2n) is 5.83. The fraction of sp³-hybridized carbons (Fsp3) is 0.368. The minimum atomic E-state index is -0.187. The Balaban J connectivity index is 1.39. The quantitative estimate of drug-likeness (QED) is 0.813. The maximum absolute atomic E-state index is 13.0. The van der Waals surface area contributed by atoms with E-state index in [1.54, 1.807) is 7.11 Å². The van der Waals surface area contributed by atoms with E-state index in [0.29, 0.717) is 6.61 Å². The van der Waals surface area contributed by atoms with Crippen molar-refractivity contribution < 1.29 is 13.9 Å². The van der Waals surface area contributed by atoms with Crippen molar-refractivity contribution in [2.24, 2.45) is 0 Å². The average Bonchev–Trinajstić information content (AvgIpc) is 2.64. The lowest BCUT2D eigenvalue weighted by atomic mass is 10.2. The smallest absolute Gasteiger partial charge is 0.123 e. The highest BCUT2D eigenvalue weighted by molar-refractivity contribution is 5.46. The summed E-state index contributed by atoms with van der Waals surface area (Å²) in [6, 6.07) is 14.4. The summed E-state index contributed by atoms with van der Waals surface area (Å²) in [6.07, 6.45) is 0. The maximum atomic E-state index is 13.0. The Kier molecular flexibility index (Phi) is 5.54. The number of nitrogens with zero attached hydrogens (tertiary/aromatic N) is 2. The molecular weight excluding hydrogens is 307 g/mol. The van der Waals surface area contributed by atoms with Crippen LogP contribution in [-0.4, -0.2) is 51.3 Å². The van der Waals surface area contributed by atoms with Crippen molar-refractivity contribution in [3.63, 3.8) is 0 Å². The lowest BCUT2D eigenvalue weighted by molar-refractivity contribution is 0.200. The fourth-order valence-electron chi connectivity index (χ4n) is 2.85. The van der Waals surface area contributed by atoms with Gasteiger partial charge in [0.15, 0.2) is 0 Å².